The zero-order valence-electron chi connectivity index (χ0n) is 16.5. The third-order valence-electron chi connectivity index (χ3n) is 5.57. The first kappa shape index (κ1) is 20.0. The zero-order chi connectivity index (χ0) is 20.6. The number of hydrogen-bond donors (Lipinski definition) is 0. The third kappa shape index (κ3) is 3.67. The minimum absolute atomic E-state index is 0.189. The van der Waals surface area contributed by atoms with E-state index in [2.05, 4.69) is 9.97 Å². The van der Waals surface area contributed by atoms with Gasteiger partial charge in [0.1, 0.15) is 17.8 Å². The smallest absolute Gasteiger partial charge is 0.282 e. The van der Waals surface area contributed by atoms with Gasteiger partial charge in [-0.2, -0.15) is 17.0 Å². The minimum Gasteiger partial charge on any atom is -0.497 e. The lowest BCUT2D eigenvalue weighted by molar-refractivity contribution is 0.286. The number of anilines is 1. The third-order valence-corrected chi connectivity index (χ3v) is 7.61. The van der Waals surface area contributed by atoms with Gasteiger partial charge in [0.05, 0.1) is 13.2 Å². The van der Waals surface area contributed by atoms with Crippen LogP contribution in [0.4, 0.5) is 10.2 Å². The molecule has 0 amide bonds. The predicted molar refractivity (Wildman–Crippen MR) is 107 cm³/mol. The van der Waals surface area contributed by atoms with Crippen molar-refractivity contribution in [2.24, 2.45) is 0 Å². The molecule has 1 aromatic carbocycles. The first-order chi connectivity index (χ1) is 13.9. The fourth-order valence-corrected chi connectivity index (χ4v) is 5.27. The summed E-state index contributed by atoms with van der Waals surface area (Å²) in [6, 6.07) is 6.76. The number of benzene rings is 1. The Morgan fingerprint density at radius 3 is 2.41 bits per heavy atom. The van der Waals surface area contributed by atoms with E-state index in [4.69, 9.17) is 4.74 Å². The molecule has 156 valence electrons. The molecular weight excluding hydrogens is 397 g/mol. The minimum atomic E-state index is -3.47. The van der Waals surface area contributed by atoms with Gasteiger partial charge in [-0.05, 0) is 37.1 Å². The standard InChI is InChI=1S/C19H24FN5O3S/c1-23(29(26,27)25-9-3-4-10-25)15-11-24(12-15)19-17(20)18(21-13-22-19)14-5-7-16(28-2)8-6-14/h5-8,13,15H,3-4,9-12H2,1-2H3. The molecule has 8 nitrogen and oxygen atoms in total. The Balaban J connectivity index is 1.48. The second-order valence-electron chi connectivity index (χ2n) is 7.28. The summed E-state index contributed by atoms with van der Waals surface area (Å²) < 4.78 is 48.5. The van der Waals surface area contributed by atoms with Crippen molar-refractivity contribution in [1.29, 1.82) is 0 Å². The molecule has 0 aliphatic carbocycles. The van der Waals surface area contributed by atoms with Crippen LogP contribution in [0.15, 0.2) is 30.6 Å². The van der Waals surface area contributed by atoms with Gasteiger partial charge in [-0.25, -0.2) is 14.4 Å². The number of halogens is 1. The van der Waals surface area contributed by atoms with Gasteiger partial charge in [-0.1, -0.05) is 0 Å². The first-order valence-corrected chi connectivity index (χ1v) is 10.9. The van der Waals surface area contributed by atoms with Crippen LogP contribution in [0.1, 0.15) is 12.8 Å². The first-order valence-electron chi connectivity index (χ1n) is 9.55. The molecule has 2 fully saturated rings. The second-order valence-corrected chi connectivity index (χ2v) is 9.27. The summed E-state index contributed by atoms with van der Waals surface area (Å²) in [5, 5.41) is 0. The molecular formula is C19H24FN5O3S. The van der Waals surface area contributed by atoms with Gasteiger partial charge in [-0.15, -0.1) is 0 Å². The van der Waals surface area contributed by atoms with Crippen LogP contribution in [0.3, 0.4) is 0 Å². The van der Waals surface area contributed by atoms with Crippen LogP contribution in [-0.4, -0.2) is 73.4 Å². The summed E-state index contributed by atoms with van der Waals surface area (Å²) in [6.07, 6.45) is 3.12. The Bertz CT molecular complexity index is 974. The van der Waals surface area contributed by atoms with Gasteiger partial charge in [0.2, 0.25) is 0 Å². The molecule has 0 atom stereocenters. The Labute approximate surface area is 170 Å². The number of nitrogens with zero attached hydrogens (tertiary/aromatic N) is 5. The summed E-state index contributed by atoms with van der Waals surface area (Å²) >= 11 is 0. The summed E-state index contributed by atoms with van der Waals surface area (Å²) in [5.74, 6) is 0.353. The fourth-order valence-electron chi connectivity index (χ4n) is 3.68. The van der Waals surface area contributed by atoms with Crippen LogP contribution in [0.25, 0.3) is 11.3 Å². The Morgan fingerprint density at radius 2 is 1.79 bits per heavy atom. The number of ether oxygens (including phenoxy) is 1. The molecule has 0 bridgehead atoms. The van der Waals surface area contributed by atoms with E-state index in [-0.39, 0.29) is 17.6 Å². The molecule has 29 heavy (non-hydrogen) atoms. The van der Waals surface area contributed by atoms with Gasteiger partial charge < -0.3 is 9.64 Å². The van der Waals surface area contributed by atoms with Crippen molar-refractivity contribution in [3.05, 3.63) is 36.4 Å². The summed E-state index contributed by atoms with van der Waals surface area (Å²) in [7, 11) is -0.310. The highest BCUT2D eigenvalue weighted by molar-refractivity contribution is 7.86. The van der Waals surface area contributed by atoms with Crippen molar-refractivity contribution in [1.82, 2.24) is 18.6 Å². The van der Waals surface area contributed by atoms with Crippen molar-refractivity contribution in [2.45, 2.75) is 18.9 Å². The van der Waals surface area contributed by atoms with Crippen molar-refractivity contribution >= 4 is 16.0 Å². The molecule has 2 aliphatic heterocycles. The van der Waals surface area contributed by atoms with E-state index in [1.165, 1.54) is 14.9 Å². The van der Waals surface area contributed by atoms with Crippen molar-refractivity contribution in [3.63, 3.8) is 0 Å². The van der Waals surface area contributed by atoms with Crippen LogP contribution < -0.4 is 9.64 Å². The molecule has 0 spiro atoms. The lowest BCUT2D eigenvalue weighted by Crippen LogP contribution is -2.62. The predicted octanol–water partition coefficient (Wildman–Crippen LogP) is 1.75. The second kappa shape index (κ2) is 7.85. The molecule has 2 aliphatic rings. The van der Waals surface area contributed by atoms with Crippen molar-refractivity contribution in [2.75, 3.05) is 45.2 Å². The average Bonchev–Trinajstić information content (AvgIpc) is 3.24. The molecule has 10 heteroatoms. The molecule has 0 N–H and O–H groups in total. The molecule has 0 unspecified atom stereocenters. The Kier molecular flexibility index (Phi) is 5.41. The fraction of sp³-hybridized carbons (Fsp3) is 0.474. The number of aromatic nitrogens is 2. The average molecular weight is 421 g/mol. The highest BCUT2D eigenvalue weighted by Crippen LogP contribution is 2.31. The largest absolute Gasteiger partial charge is 0.497 e. The van der Waals surface area contributed by atoms with E-state index in [1.807, 2.05) is 0 Å². The normalized spacial score (nSPS) is 18.3. The molecule has 0 saturated carbocycles. The highest BCUT2D eigenvalue weighted by atomic mass is 32.2. The van der Waals surface area contributed by atoms with E-state index in [1.54, 1.807) is 43.3 Å². The van der Waals surface area contributed by atoms with Crippen molar-refractivity contribution < 1.29 is 17.5 Å². The molecule has 2 aromatic rings. The van der Waals surface area contributed by atoms with E-state index in [9.17, 15) is 8.42 Å². The Hall–Kier alpha value is -2.30. The lowest BCUT2D eigenvalue weighted by atomic mass is 10.1. The maximum absolute atomic E-state index is 15.1. The molecule has 0 radical (unpaired) electrons. The van der Waals surface area contributed by atoms with E-state index in [0.29, 0.717) is 37.5 Å². The molecule has 2 saturated heterocycles. The summed E-state index contributed by atoms with van der Waals surface area (Å²) in [5.41, 5.74) is 0.830. The number of likely N-dealkylation sites (N-methyl/N-ethyl adjacent to an activating group) is 1. The zero-order valence-corrected chi connectivity index (χ0v) is 17.3. The SMILES string of the molecule is COc1ccc(-c2ncnc(N3CC(N(C)S(=O)(=O)N4CCCC4)C3)c2F)cc1. The summed E-state index contributed by atoms with van der Waals surface area (Å²) in [4.78, 5) is 9.92. The van der Waals surface area contributed by atoms with Crippen molar-refractivity contribution in [3.8, 4) is 17.0 Å². The highest BCUT2D eigenvalue weighted by Gasteiger charge is 2.40. The molecule has 1 aromatic heterocycles. The van der Waals surface area contributed by atoms with Crippen LogP contribution in [0.5, 0.6) is 5.75 Å². The maximum Gasteiger partial charge on any atom is 0.282 e. The Morgan fingerprint density at radius 1 is 1.14 bits per heavy atom. The van der Waals surface area contributed by atoms with E-state index in [0.717, 1.165) is 12.8 Å². The van der Waals surface area contributed by atoms with E-state index < -0.39 is 16.0 Å². The van der Waals surface area contributed by atoms with Crippen LogP contribution in [-0.2, 0) is 10.2 Å². The van der Waals surface area contributed by atoms with Crippen LogP contribution >= 0.6 is 0 Å². The van der Waals surface area contributed by atoms with Gasteiger partial charge in [-0.3, -0.25) is 0 Å². The van der Waals surface area contributed by atoms with Gasteiger partial charge >= 0.3 is 0 Å². The quantitative estimate of drug-likeness (QED) is 0.707. The number of rotatable bonds is 6. The summed E-state index contributed by atoms with van der Waals surface area (Å²) in [6.45, 7) is 1.91. The van der Waals surface area contributed by atoms with Gasteiger partial charge in [0, 0.05) is 38.8 Å². The number of methoxy groups -OCH3 is 1. The van der Waals surface area contributed by atoms with E-state index >= 15 is 4.39 Å². The topological polar surface area (TPSA) is 78.9 Å². The van der Waals surface area contributed by atoms with Gasteiger partial charge in [0.15, 0.2) is 11.6 Å². The van der Waals surface area contributed by atoms with Crippen LogP contribution in [0, 0.1) is 5.82 Å². The molecule has 3 heterocycles. The van der Waals surface area contributed by atoms with Gasteiger partial charge in [0.25, 0.3) is 10.2 Å². The number of hydrogen-bond acceptors (Lipinski definition) is 6. The molecule has 4 rings (SSSR count). The van der Waals surface area contributed by atoms with Crippen LogP contribution in [0.2, 0.25) is 0 Å². The maximum atomic E-state index is 15.1. The monoisotopic (exact) mass is 421 g/mol. The lowest BCUT2D eigenvalue weighted by Gasteiger charge is -2.44.